The number of nitrogens with one attached hydrogen (secondary N) is 1. The average Bonchev–Trinajstić information content (AvgIpc) is 2.60. The Morgan fingerprint density at radius 1 is 1.26 bits per heavy atom. The first-order chi connectivity index (χ1) is 8.74. The molecule has 0 aliphatic heterocycles. The van der Waals surface area contributed by atoms with E-state index in [-0.39, 0.29) is 23.5 Å². The number of furan rings is 1. The Morgan fingerprint density at radius 3 is 2.26 bits per heavy atom. The summed E-state index contributed by atoms with van der Waals surface area (Å²) in [6.45, 7) is 8.77. The second-order valence-electron chi connectivity index (χ2n) is 5.06. The summed E-state index contributed by atoms with van der Waals surface area (Å²) in [4.78, 5) is 0.0756. The second-order valence-corrected chi connectivity index (χ2v) is 6.71. The van der Waals surface area contributed by atoms with E-state index < -0.39 is 10.0 Å². The van der Waals surface area contributed by atoms with Crippen LogP contribution in [0.1, 0.15) is 44.3 Å². The number of aliphatic hydroxyl groups is 1. The number of hydrogen-bond donors (Lipinski definition) is 2. The minimum atomic E-state index is -3.67. The number of hydrogen-bond acceptors (Lipinski definition) is 4. The van der Waals surface area contributed by atoms with Gasteiger partial charge in [-0.15, -0.1) is 0 Å². The Balaban J connectivity index is 3.21. The van der Waals surface area contributed by atoms with Crippen LogP contribution in [0, 0.1) is 19.8 Å². The maximum absolute atomic E-state index is 12.4. The highest BCUT2D eigenvalue weighted by Gasteiger charge is 2.29. The van der Waals surface area contributed by atoms with E-state index in [0.29, 0.717) is 23.5 Å². The van der Waals surface area contributed by atoms with Crippen LogP contribution in [0.15, 0.2) is 9.31 Å². The molecule has 5 nitrogen and oxygen atoms in total. The lowest BCUT2D eigenvalue weighted by molar-refractivity contribution is 0.276. The Bertz CT molecular complexity index is 531. The fourth-order valence-electron chi connectivity index (χ4n) is 2.19. The van der Waals surface area contributed by atoms with Crippen LogP contribution in [0.3, 0.4) is 0 Å². The van der Waals surface area contributed by atoms with Gasteiger partial charge in [0.05, 0.1) is 6.61 Å². The first kappa shape index (κ1) is 16.2. The molecule has 0 radical (unpaired) electrons. The van der Waals surface area contributed by atoms with E-state index >= 15 is 0 Å². The molecule has 1 rings (SSSR count). The van der Waals surface area contributed by atoms with E-state index in [4.69, 9.17) is 4.42 Å². The predicted molar refractivity (Wildman–Crippen MR) is 73.3 cm³/mol. The van der Waals surface area contributed by atoms with Crippen molar-refractivity contribution in [1.29, 1.82) is 0 Å². The lowest BCUT2D eigenvalue weighted by Gasteiger charge is -2.20. The van der Waals surface area contributed by atoms with E-state index in [1.165, 1.54) is 0 Å². The number of aliphatic hydroxyl groups excluding tert-OH is 1. The molecule has 1 heterocycles. The maximum Gasteiger partial charge on any atom is 0.244 e. The minimum absolute atomic E-state index is 0.0756. The van der Waals surface area contributed by atoms with Crippen molar-refractivity contribution in [2.45, 2.75) is 58.6 Å². The molecule has 0 bridgehead atoms. The Kier molecular flexibility index (Phi) is 5.18. The van der Waals surface area contributed by atoms with Gasteiger partial charge in [0, 0.05) is 11.6 Å². The van der Waals surface area contributed by atoms with Gasteiger partial charge in [-0.05, 0) is 26.2 Å². The van der Waals surface area contributed by atoms with Crippen molar-refractivity contribution in [2.75, 3.05) is 0 Å². The molecule has 0 fully saturated rings. The normalized spacial score (nSPS) is 14.1. The summed E-state index contributed by atoms with van der Waals surface area (Å²) in [6.07, 6.45) is 0.710. The van der Waals surface area contributed by atoms with Gasteiger partial charge in [-0.1, -0.05) is 20.8 Å². The van der Waals surface area contributed by atoms with Gasteiger partial charge in [0.25, 0.3) is 0 Å². The number of rotatable bonds is 6. The summed E-state index contributed by atoms with van der Waals surface area (Å²) < 4.78 is 32.9. The Morgan fingerprint density at radius 2 is 1.84 bits per heavy atom. The Labute approximate surface area is 115 Å². The molecule has 0 spiro atoms. The highest BCUT2D eigenvalue weighted by atomic mass is 32.2. The summed E-state index contributed by atoms with van der Waals surface area (Å²) in [5.41, 5.74) is 0.337. The predicted octanol–water partition coefficient (Wildman–Crippen LogP) is 2.10. The molecule has 0 saturated heterocycles. The Hall–Kier alpha value is -0.850. The van der Waals surface area contributed by atoms with Crippen molar-refractivity contribution in [3.05, 3.63) is 17.1 Å². The zero-order valence-corrected chi connectivity index (χ0v) is 13.0. The summed E-state index contributed by atoms with van der Waals surface area (Å²) >= 11 is 0. The molecule has 2 N–H and O–H groups in total. The van der Waals surface area contributed by atoms with Gasteiger partial charge in [0.1, 0.15) is 16.4 Å². The monoisotopic (exact) mass is 289 g/mol. The topological polar surface area (TPSA) is 79.5 Å². The first-order valence-corrected chi connectivity index (χ1v) is 7.94. The van der Waals surface area contributed by atoms with Crippen LogP contribution >= 0.6 is 0 Å². The standard InChI is InChI=1S/C13H23NO4S/c1-6-12(8(2)3)14-19(16,17)13-10(5)18-9(4)11(13)7-15/h8,12,14-15H,6-7H2,1-5H3. The van der Waals surface area contributed by atoms with Crippen LogP contribution in [-0.4, -0.2) is 19.6 Å². The van der Waals surface area contributed by atoms with Crippen LogP contribution in [0.4, 0.5) is 0 Å². The third kappa shape index (κ3) is 3.38. The van der Waals surface area contributed by atoms with Crippen molar-refractivity contribution in [1.82, 2.24) is 4.72 Å². The molecule has 1 aromatic rings. The van der Waals surface area contributed by atoms with E-state index in [1.807, 2.05) is 20.8 Å². The van der Waals surface area contributed by atoms with Crippen molar-refractivity contribution >= 4 is 10.0 Å². The molecule has 0 saturated carbocycles. The fourth-order valence-corrected chi connectivity index (χ4v) is 4.10. The van der Waals surface area contributed by atoms with Crippen LogP contribution < -0.4 is 4.72 Å². The van der Waals surface area contributed by atoms with Gasteiger partial charge in [0.2, 0.25) is 10.0 Å². The molecule has 1 aromatic heterocycles. The highest BCUT2D eigenvalue weighted by molar-refractivity contribution is 7.89. The van der Waals surface area contributed by atoms with E-state index in [0.717, 1.165) is 0 Å². The first-order valence-electron chi connectivity index (χ1n) is 6.46. The molecular weight excluding hydrogens is 266 g/mol. The zero-order chi connectivity index (χ0) is 14.8. The van der Waals surface area contributed by atoms with Crippen molar-refractivity contribution < 1.29 is 17.9 Å². The third-order valence-corrected chi connectivity index (χ3v) is 4.99. The number of sulfonamides is 1. The molecule has 0 aliphatic rings. The summed E-state index contributed by atoms with van der Waals surface area (Å²) in [6, 6.07) is -0.133. The quantitative estimate of drug-likeness (QED) is 0.840. The molecule has 0 aliphatic carbocycles. The highest BCUT2D eigenvalue weighted by Crippen LogP contribution is 2.27. The van der Waals surface area contributed by atoms with Crippen molar-refractivity contribution in [2.24, 2.45) is 5.92 Å². The zero-order valence-electron chi connectivity index (χ0n) is 12.1. The van der Waals surface area contributed by atoms with Gasteiger partial charge < -0.3 is 9.52 Å². The van der Waals surface area contributed by atoms with E-state index in [2.05, 4.69) is 4.72 Å². The van der Waals surface area contributed by atoms with Crippen LogP contribution in [-0.2, 0) is 16.6 Å². The average molecular weight is 289 g/mol. The van der Waals surface area contributed by atoms with Gasteiger partial charge in [0.15, 0.2) is 0 Å². The molecule has 1 atom stereocenters. The molecule has 0 amide bonds. The van der Waals surface area contributed by atoms with Gasteiger partial charge >= 0.3 is 0 Å². The SMILES string of the molecule is CCC(NS(=O)(=O)c1c(C)oc(C)c1CO)C(C)C. The van der Waals surface area contributed by atoms with Crippen LogP contribution in [0.5, 0.6) is 0 Å². The lowest BCUT2D eigenvalue weighted by atomic mass is 10.0. The van der Waals surface area contributed by atoms with Gasteiger partial charge in [-0.3, -0.25) is 0 Å². The molecule has 1 unspecified atom stereocenters. The van der Waals surface area contributed by atoms with Crippen LogP contribution in [0.25, 0.3) is 0 Å². The van der Waals surface area contributed by atoms with Crippen LogP contribution in [0.2, 0.25) is 0 Å². The summed E-state index contributed by atoms with van der Waals surface area (Å²) in [5.74, 6) is 0.955. The largest absolute Gasteiger partial charge is 0.465 e. The van der Waals surface area contributed by atoms with E-state index in [1.54, 1.807) is 13.8 Å². The molecule has 19 heavy (non-hydrogen) atoms. The molecule has 110 valence electrons. The van der Waals surface area contributed by atoms with Crippen molar-refractivity contribution in [3.8, 4) is 0 Å². The smallest absolute Gasteiger partial charge is 0.244 e. The second kappa shape index (κ2) is 6.07. The minimum Gasteiger partial charge on any atom is -0.465 e. The van der Waals surface area contributed by atoms with Gasteiger partial charge in [-0.25, -0.2) is 13.1 Å². The summed E-state index contributed by atoms with van der Waals surface area (Å²) in [7, 11) is -3.67. The molecule has 0 aromatic carbocycles. The van der Waals surface area contributed by atoms with E-state index in [9.17, 15) is 13.5 Å². The molecular formula is C13H23NO4S. The summed E-state index contributed by atoms with van der Waals surface area (Å²) in [5, 5.41) is 9.32. The van der Waals surface area contributed by atoms with Gasteiger partial charge in [-0.2, -0.15) is 0 Å². The number of aryl methyl sites for hydroxylation is 2. The molecule has 6 heteroatoms. The fraction of sp³-hybridized carbons (Fsp3) is 0.692. The van der Waals surface area contributed by atoms with Crippen molar-refractivity contribution in [3.63, 3.8) is 0 Å². The maximum atomic E-state index is 12.4. The third-order valence-electron chi connectivity index (χ3n) is 3.30. The lowest BCUT2D eigenvalue weighted by Crippen LogP contribution is -2.38.